The molecule has 0 spiro atoms. The second kappa shape index (κ2) is 7.52. The first-order chi connectivity index (χ1) is 11.6. The third kappa shape index (κ3) is 3.83. The van der Waals surface area contributed by atoms with Crippen LogP contribution in [0.1, 0.15) is 38.2 Å². The van der Waals surface area contributed by atoms with Crippen molar-refractivity contribution in [2.75, 3.05) is 39.8 Å². The van der Waals surface area contributed by atoms with E-state index in [2.05, 4.69) is 47.1 Å². The van der Waals surface area contributed by atoms with Gasteiger partial charge in [0.2, 0.25) is 0 Å². The van der Waals surface area contributed by atoms with Crippen molar-refractivity contribution >= 4 is 0 Å². The summed E-state index contributed by atoms with van der Waals surface area (Å²) in [5.41, 5.74) is 7.85. The minimum Gasteiger partial charge on any atom is -0.377 e. The third-order valence-electron chi connectivity index (χ3n) is 6.24. The first-order valence-electron chi connectivity index (χ1n) is 9.36. The maximum Gasteiger partial charge on any atom is 0.0777 e. The quantitative estimate of drug-likeness (QED) is 0.900. The molecule has 1 aromatic rings. The van der Waals surface area contributed by atoms with Gasteiger partial charge in [0.05, 0.1) is 5.60 Å². The van der Waals surface area contributed by atoms with Crippen LogP contribution >= 0.6 is 0 Å². The van der Waals surface area contributed by atoms with Crippen LogP contribution in [-0.2, 0) is 11.3 Å². The molecule has 1 atom stereocenters. The van der Waals surface area contributed by atoms with Crippen LogP contribution in [0.15, 0.2) is 30.3 Å². The highest BCUT2D eigenvalue weighted by Gasteiger charge is 2.43. The van der Waals surface area contributed by atoms with E-state index >= 15 is 0 Å². The number of piperidine rings is 2. The van der Waals surface area contributed by atoms with E-state index < -0.39 is 0 Å². The lowest BCUT2D eigenvalue weighted by Crippen LogP contribution is -2.64. The number of likely N-dealkylation sites (tertiary alicyclic amines) is 2. The molecule has 4 nitrogen and oxygen atoms in total. The largest absolute Gasteiger partial charge is 0.377 e. The lowest BCUT2D eigenvalue weighted by Gasteiger charge is -2.53. The number of rotatable bonds is 5. The van der Waals surface area contributed by atoms with E-state index in [1.807, 2.05) is 7.11 Å². The van der Waals surface area contributed by atoms with Gasteiger partial charge in [0.15, 0.2) is 0 Å². The lowest BCUT2D eigenvalue weighted by molar-refractivity contribution is -0.0917. The van der Waals surface area contributed by atoms with Crippen molar-refractivity contribution in [2.45, 2.75) is 50.3 Å². The Morgan fingerprint density at radius 3 is 2.42 bits per heavy atom. The topological polar surface area (TPSA) is 41.7 Å². The molecule has 2 N–H and O–H groups in total. The molecule has 2 fully saturated rings. The molecule has 4 heteroatoms. The summed E-state index contributed by atoms with van der Waals surface area (Å²) in [5.74, 6) is 0. The maximum absolute atomic E-state index is 6.30. The molecule has 2 aliphatic rings. The molecule has 2 aliphatic heterocycles. The van der Waals surface area contributed by atoms with Gasteiger partial charge in [-0.1, -0.05) is 30.3 Å². The second-order valence-corrected chi connectivity index (χ2v) is 7.87. The van der Waals surface area contributed by atoms with Crippen molar-refractivity contribution in [3.8, 4) is 0 Å². The van der Waals surface area contributed by atoms with E-state index in [0.29, 0.717) is 0 Å². The summed E-state index contributed by atoms with van der Waals surface area (Å²) in [6.45, 7) is 8.49. The number of methoxy groups -OCH3 is 1. The fraction of sp³-hybridized carbons (Fsp3) is 0.700. The van der Waals surface area contributed by atoms with Crippen LogP contribution in [0.2, 0.25) is 0 Å². The number of ether oxygens (including phenoxy) is 1. The summed E-state index contributed by atoms with van der Waals surface area (Å²) in [6.07, 6.45) is 4.69. The number of nitrogens with two attached hydrogens (primary N) is 1. The van der Waals surface area contributed by atoms with E-state index in [1.54, 1.807) is 0 Å². The molecule has 0 bridgehead atoms. The van der Waals surface area contributed by atoms with Crippen LogP contribution in [0.3, 0.4) is 0 Å². The SMILES string of the molecule is COC1(C)CCCN(C2(CN)CCN(Cc3ccccc3)CC2)C1. The number of nitrogens with zero attached hydrogens (tertiary/aromatic N) is 2. The summed E-state index contributed by atoms with van der Waals surface area (Å²) in [4.78, 5) is 5.21. The van der Waals surface area contributed by atoms with Crippen LogP contribution in [0.5, 0.6) is 0 Å². The highest BCUT2D eigenvalue weighted by molar-refractivity contribution is 5.14. The molecular weight excluding hydrogens is 298 g/mol. The summed E-state index contributed by atoms with van der Waals surface area (Å²) >= 11 is 0. The van der Waals surface area contributed by atoms with Crippen molar-refractivity contribution in [3.63, 3.8) is 0 Å². The minimum atomic E-state index is -0.0123. The summed E-state index contributed by atoms with van der Waals surface area (Å²) in [7, 11) is 1.85. The molecule has 0 aliphatic carbocycles. The Morgan fingerprint density at radius 1 is 1.08 bits per heavy atom. The number of hydrogen-bond donors (Lipinski definition) is 1. The number of hydrogen-bond acceptors (Lipinski definition) is 4. The van der Waals surface area contributed by atoms with Gasteiger partial charge in [-0.2, -0.15) is 0 Å². The third-order valence-corrected chi connectivity index (χ3v) is 6.24. The van der Waals surface area contributed by atoms with E-state index in [0.717, 1.165) is 58.5 Å². The molecule has 24 heavy (non-hydrogen) atoms. The molecule has 2 heterocycles. The van der Waals surface area contributed by atoms with Gasteiger partial charge in [-0.3, -0.25) is 9.80 Å². The molecule has 2 saturated heterocycles. The second-order valence-electron chi connectivity index (χ2n) is 7.87. The van der Waals surface area contributed by atoms with Crippen LogP contribution < -0.4 is 5.73 Å². The Morgan fingerprint density at radius 2 is 1.79 bits per heavy atom. The fourth-order valence-electron chi connectivity index (χ4n) is 4.40. The van der Waals surface area contributed by atoms with E-state index in [4.69, 9.17) is 10.5 Å². The molecular formula is C20H33N3O. The molecule has 1 aromatic carbocycles. The predicted octanol–water partition coefficient (Wildman–Crippen LogP) is 2.48. The number of benzene rings is 1. The maximum atomic E-state index is 6.30. The smallest absolute Gasteiger partial charge is 0.0777 e. The van der Waals surface area contributed by atoms with Gasteiger partial charge in [0.1, 0.15) is 0 Å². The molecule has 0 saturated carbocycles. The van der Waals surface area contributed by atoms with Gasteiger partial charge in [-0.05, 0) is 44.7 Å². The summed E-state index contributed by atoms with van der Waals surface area (Å²) < 4.78 is 5.80. The van der Waals surface area contributed by atoms with E-state index in [9.17, 15) is 0 Å². The first kappa shape index (κ1) is 17.9. The summed E-state index contributed by atoms with van der Waals surface area (Å²) in [5, 5.41) is 0. The van der Waals surface area contributed by atoms with E-state index in [-0.39, 0.29) is 11.1 Å². The first-order valence-corrected chi connectivity index (χ1v) is 9.36. The summed E-state index contributed by atoms with van der Waals surface area (Å²) in [6, 6.07) is 10.8. The van der Waals surface area contributed by atoms with Crippen LogP contribution in [-0.4, -0.2) is 60.8 Å². The van der Waals surface area contributed by atoms with Gasteiger partial charge in [0, 0.05) is 45.4 Å². The van der Waals surface area contributed by atoms with Crippen molar-refractivity contribution in [3.05, 3.63) is 35.9 Å². The zero-order chi connectivity index (χ0) is 17.0. The monoisotopic (exact) mass is 331 g/mol. The van der Waals surface area contributed by atoms with Crippen LogP contribution in [0.25, 0.3) is 0 Å². The highest BCUT2D eigenvalue weighted by atomic mass is 16.5. The van der Waals surface area contributed by atoms with Gasteiger partial charge in [-0.15, -0.1) is 0 Å². The van der Waals surface area contributed by atoms with Crippen molar-refractivity contribution in [1.29, 1.82) is 0 Å². The Bertz CT molecular complexity index is 513. The molecule has 0 amide bonds. The molecule has 3 rings (SSSR count). The average molecular weight is 332 g/mol. The van der Waals surface area contributed by atoms with E-state index in [1.165, 1.54) is 12.0 Å². The Hall–Kier alpha value is -0.940. The molecule has 0 aromatic heterocycles. The van der Waals surface area contributed by atoms with Gasteiger partial charge < -0.3 is 10.5 Å². The zero-order valence-electron chi connectivity index (χ0n) is 15.3. The van der Waals surface area contributed by atoms with Gasteiger partial charge in [0.25, 0.3) is 0 Å². The van der Waals surface area contributed by atoms with Crippen LogP contribution in [0.4, 0.5) is 0 Å². The zero-order valence-corrected chi connectivity index (χ0v) is 15.3. The van der Waals surface area contributed by atoms with Crippen molar-refractivity contribution in [1.82, 2.24) is 9.80 Å². The van der Waals surface area contributed by atoms with Crippen molar-refractivity contribution in [2.24, 2.45) is 5.73 Å². The standard InChI is InChI=1S/C20H33N3O/c1-19(24-2)9-6-12-23(17-19)20(16-21)10-13-22(14-11-20)15-18-7-4-3-5-8-18/h3-5,7-8H,6,9-17,21H2,1-2H3. The van der Waals surface area contributed by atoms with Gasteiger partial charge >= 0.3 is 0 Å². The van der Waals surface area contributed by atoms with Gasteiger partial charge in [-0.25, -0.2) is 0 Å². The molecule has 1 unspecified atom stereocenters. The normalized spacial score (nSPS) is 28.8. The predicted molar refractivity (Wildman–Crippen MR) is 99.0 cm³/mol. The Labute approximate surface area is 147 Å². The Balaban J connectivity index is 1.61. The fourth-order valence-corrected chi connectivity index (χ4v) is 4.40. The van der Waals surface area contributed by atoms with Crippen LogP contribution in [0, 0.1) is 0 Å². The van der Waals surface area contributed by atoms with Crippen molar-refractivity contribution < 1.29 is 4.74 Å². The Kier molecular flexibility index (Phi) is 5.60. The average Bonchev–Trinajstić information content (AvgIpc) is 2.63. The molecule has 0 radical (unpaired) electrons. The molecule has 134 valence electrons. The lowest BCUT2D eigenvalue weighted by atomic mass is 9.82. The highest BCUT2D eigenvalue weighted by Crippen LogP contribution is 2.34. The minimum absolute atomic E-state index is 0.0123.